The van der Waals surface area contributed by atoms with Gasteiger partial charge in [-0.2, -0.15) is 5.26 Å². The Hall–Kier alpha value is -4.23. The molecule has 1 atom stereocenters. The first-order valence-electron chi connectivity index (χ1n) is 13.0. The molecule has 2 heterocycles. The van der Waals surface area contributed by atoms with E-state index in [1.807, 2.05) is 6.07 Å². The van der Waals surface area contributed by atoms with Crippen molar-refractivity contribution in [3.8, 4) is 6.07 Å². The smallest absolute Gasteiger partial charge is 0.245 e. The molecule has 4 aromatic rings. The number of benzene rings is 2. The predicted octanol–water partition coefficient (Wildman–Crippen LogP) is 5.51. The van der Waals surface area contributed by atoms with E-state index in [4.69, 9.17) is 17.3 Å². The number of nitrogens with one attached hydrogen (secondary N) is 2. The van der Waals surface area contributed by atoms with Crippen LogP contribution in [-0.4, -0.2) is 32.4 Å². The topological polar surface area (TPSA) is 135 Å². The number of anilines is 2. The van der Waals surface area contributed by atoms with Gasteiger partial charge in [-0.1, -0.05) is 49.7 Å². The van der Waals surface area contributed by atoms with Gasteiger partial charge in [0.15, 0.2) is 0 Å². The molecular weight excluding hydrogens is 531 g/mol. The van der Waals surface area contributed by atoms with Crippen molar-refractivity contribution in [1.29, 1.82) is 5.26 Å². The van der Waals surface area contributed by atoms with E-state index in [0.717, 1.165) is 12.0 Å². The van der Waals surface area contributed by atoms with Gasteiger partial charge < -0.3 is 16.4 Å². The Labute approximate surface area is 236 Å². The van der Waals surface area contributed by atoms with E-state index >= 15 is 0 Å². The van der Waals surface area contributed by atoms with Crippen LogP contribution in [0.1, 0.15) is 62.9 Å². The molecule has 0 saturated heterocycles. The van der Waals surface area contributed by atoms with Crippen molar-refractivity contribution in [2.45, 2.75) is 51.6 Å². The SMILES string of the molecule is CC(C)(C)CNc1c(C#N)cnc2c(Cl)cc(N[C@@H](c3ccc(F)cc3)c3cn(C4(C(N)=O)CCC4)nn3)cc12. The van der Waals surface area contributed by atoms with Gasteiger partial charge in [-0.05, 0) is 54.5 Å². The van der Waals surface area contributed by atoms with Gasteiger partial charge >= 0.3 is 0 Å². The lowest BCUT2D eigenvalue weighted by Crippen LogP contribution is -2.51. The molecule has 1 aliphatic rings. The number of carbonyl (C=O) groups is 1. The van der Waals surface area contributed by atoms with Gasteiger partial charge in [0.1, 0.15) is 23.1 Å². The van der Waals surface area contributed by atoms with E-state index in [1.54, 1.807) is 24.4 Å². The zero-order chi connectivity index (χ0) is 28.7. The van der Waals surface area contributed by atoms with Crippen LogP contribution in [0.4, 0.5) is 15.8 Å². The number of fused-ring (bicyclic) bond motifs is 1. The molecule has 4 N–H and O–H groups in total. The number of hydrogen-bond donors (Lipinski definition) is 3. The monoisotopic (exact) mass is 560 g/mol. The second kappa shape index (κ2) is 10.4. The third-order valence-corrected chi connectivity index (χ3v) is 7.53. The van der Waals surface area contributed by atoms with Crippen LogP contribution in [0.5, 0.6) is 0 Å². The van der Waals surface area contributed by atoms with Crippen molar-refractivity contribution in [3.63, 3.8) is 0 Å². The highest BCUT2D eigenvalue weighted by Crippen LogP contribution is 2.40. The van der Waals surface area contributed by atoms with E-state index in [1.165, 1.54) is 23.0 Å². The predicted molar refractivity (Wildman–Crippen MR) is 152 cm³/mol. The van der Waals surface area contributed by atoms with Gasteiger partial charge in [-0.15, -0.1) is 5.10 Å². The van der Waals surface area contributed by atoms with Crippen LogP contribution in [-0.2, 0) is 10.3 Å². The summed E-state index contributed by atoms with van der Waals surface area (Å²) in [6.45, 7) is 6.92. The molecule has 206 valence electrons. The number of aromatic nitrogens is 4. The van der Waals surface area contributed by atoms with Gasteiger partial charge in [0.25, 0.3) is 0 Å². The summed E-state index contributed by atoms with van der Waals surface area (Å²) in [6, 6.07) is 11.3. The molecule has 5 rings (SSSR count). The number of nitrogens with zero attached hydrogens (tertiary/aromatic N) is 5. The number of pyridine rings is 1. The zero-order valence-electron chi connectivity index (χ0n) is 22.5. The second-order valence-electron chi connectivity index (χ2n) is 11.4. The number of primary amides is 1. The van der Waals surface area contributed by atoms with Crippen LogP contribution in [0.2, 0.25) is 5.02 Å². The highest BCUT2D eigenvalue weighted by Gasteiger charge is 2.46. The first kappa shape index (κ1) is 27.3. The molecular formula is C29H30ClFN8O. The Morgan fingerprint density at radius 3 is 2.60 bits per heavy atom. The lowest BCUT2D eigenvalue weighted by atomic mass is 9.76. The summed E-state index contributed by atoms with van der Waals surface area (Å²) in [5.41, 5.74) is 8.27. The van der Waals surface area contributed by atoms with Gasteiger partial charge in [-0.3, -0.25) is 9.78 Å². The van der Waals surface area contributed by atoms with Crippen LogP contribution in [0.3, 0.4) is 0 Å². The fourth-order valence-electron chi connectivity index (χ4n) is 4.84. The fraction of sp³-hybridized carbons (Fsp3) is 0.345. The first-order valence-corrected chi connectivity index (χ1v) is 13.4. The first-order chi connectivity index (χ1) is 19.0. The van der Waals surface area contributed by atoms with E-state index in [-0.39, 0.29) is 11.2 Å². The number of carbonyl (C=O) groups excluding carboxylic acids is 1. The highest BCUT2D eigenvalue weighted by molar-refractivity contribution is 6.35. The number of rotatable bonds is 8. The Kier molecular flexibility index (Phi) is 7.10. The van der Waals surface area contributed by atoms with Crippen LogP contribution >= 0.6 is 11.6 Å². The fourth-order valence-corrected chi connectivity index (χ4v) is 5.11. The number of amides is 1. The van der Waals surface area contributed by atoms with E-state index in [2.05, 4.69) is 52.8 Å². The summed E-state index contributed by atoms with van der Waals surface area (Å²) >= 11 is 6.69. The van der Waals surface area contributed by atoms with Crippen molar-refractivity contribution in [2.24, 2.45) is 11.1 Å². The average molecular weight is 561 g/mol. The summed E-state index contributed by atoms with van der Waals surface area (Å²) in [7, 11) is 0. The van der Waals surface area contributed by atoms with E-state index in [9.17, 15) is 14.4 Å². The lowest BCUT2D eigenvalue weighted by Gasteiger charge is -2.38. The van der Waals surface area contributed by atoms with Gasteiger partial charge in [0, 0.05) is 23.8 Å². The van der Waals surface area contributed by atoms with Crippen molar-refractivity contribution in [3.05, 3.63) is 76.5 Å². The number of nitrogens with two attached hydrogens (primary N) is 1. The highest BCUT2D eigenvalue weighted by atomic mass is 35.5. The normalized spacial score (nSPS) is 15.2. The molecule has 1 fully saturated rings. The Morgan fingerprint density at radius 1 is 1.27 bits per heavy atom. The molecule has 0 unspecified atom stereocenters. The van der Waals surface area contributed by atoms with Crippen molar-refractivity contribution >= 4 is 39.8 Å². The Morgan fingerprint density at radius 2 is 2.00 bits per heavy atom. The summed E-state index contributed by atoms with van der Waals surface area (Å²) < 4.78 is 15.4. The van der Waals surface area contributed by atoms with Gasteiger partial charge in [0.05, 0.1) is 34.0 Å². The lowest BCUT2D eigenvalue weighted by molar-refractivity contribution is -0.131. The quantitative estimate of drug-likeness (QED) is 0.258. The number of nitriles is 1. The van der Waals surface area contributed by atoms with Crippen molar-refractivity contribution in [1.82, 2.24) is 20.0 Å². The standard InChI is InChI=1S/C29H30ClFN8O/c1-28(2,3)16-35-24-18(13-32)14-34-26-21(24)11-20(12-22(26)30)36-25(17-5-7-19(31)8-6-17)23-15-39(38-37-23)29(27(33)40)9-4-10-29/h5-8,11-12,14-15,25,36H,4,9-10,16H2,1-3H3,(H2,33,40)(H,34,35)/t25-/m0/s1. The molecule has 1 saturated carbocycles. The molecule has 0 spiro atoms. The molecule has 11 heteroatoms. The maximum Gasteiger partial charge on any atom is 0.245 e. The molecule has 1 amide bonds. The minimum absolute atomic E-state index is 0.0375. The summed E-state index contributed by atoms with van der Waals surface area (Å²) in [5.74, 6) is -0.814. The minimum atomic E-state index is -0.891. The van der Waals surface area contributed by atoms with E-state index < -0.39 is 17.5 Å². The third kappa shape index (κ3) is 5.17. The van der Waals surface area contributed by atoms with Crippen molar-refractivity contribution in [2.75, 3.05) is 17.2 Å². The molecule has 0 aliphatic heterocycles. The minimum Gasteiger partial charge on any atom is -0.383 e. The average Bonchev–Trinajstić information content (AvgIpc) is 3.34. The molecule has 1 aliphatic carbocycles. The second-order valence-corrected chi connectivity index (χ2v) is 11.8. The Balaban J connectivity index is 1.58. The zero-order valence-corrected chi connectivity index (χ0v) is 23.3. The maximum absolute atomic E-state index is 13.8. The molecule has 9 nitrogen and oxygen atoms in total. The summed E-state index contributed by atoms with van der Waals surface area (Å²) in [6.07, 6.45) is 5.29. The Bertz CT molecular complexity index is 1620. The summed E-state index contributed by atoms with van der Waals surface area (Å²) in [4.78, 5) is 16.7. The largest absolute Gasteiger partial charge is 0.383 e. The molecule has 2 aromatic carbocycles. The van der Waals surface area contributed by atoms with Crippen LogP contribution < -0.4 is 16.4 Å². The molecule has 0 radical (unpaired) electrons. The van der Waals surface area contributed by atoms with Crippen LogP contribution in [0.15, 0.2) is 48.8 Å². The number of halogens is 2. The molecule has 0 bridgehead atoms. The maximum atomic E-state index is 13.8. The van der Waals surface area contributed by atoms with Gasteiger partial charge in [0.2, 0.25) is 5.91 Å². The third-order valence-electron chi connectivity index (χ3n) is 7.24. The number of hydrogen-bond acceptors (Lipinski definition) is 7. The summed E-state index contributed by atoms with van der Waals surface area (Å²) in [5, 5.41) is 26.4. The van der Waals surface area contributed by atoms with E-state index in [0.29, 0.717) is 57.9 Å². The molecule has 40 heavy (non-hydrogen) atoms. The van der Waals surface area contributed by atoms with Crippen molar-refractivity contribution < 1.29 is 9.18 Å². The van der Waals surface area contributed by atoms with Crippen LogP contribution in [0.25, 0.3) is 10.9 Å². The van der Waals surface area contributed by atoms with Gasteiger partial charge in [-0.25, -0.2) is 9.07 Å². The molecule has 2 aromatic heterocycles. The van der Waals surface area contributed by atoms with Crippen LogP contribution in [0, 0.1) is 22.6 Å².